The summed E-state index contributed by atoms with van der Waals surface area (Å²) in [6, 6.07) is 19.3. The van der Waals surface area contributed by atoms with Crippen molar-refractivity contribution in [3.8, 4) is 0 Å². The maximum absolute atomic E-state index is 12.5. The highest BCUT2D eigenvalue weighted by Crippen LogP contribution is 2.26. The summed E-state index contributed by atoms with van der Waals surface area (Å²) in [6.07, 6.45) is 0.133. The number of nitrogens with zero attached hydrogens (tertiary/aromatic N) is 4. The van der Waals surface area contributed by atoms with Crippen molar-refractivity contribution in [1.82, 2.24) is 19.6 Å². The Morgan fingerprint density at radius 3 is 2.65 bits per heavy atom. The molecule has 0 aliphatic rings. The lowest BCUT2D eigenvalue weighted by atomic mass is 10.1. The number of thioether (sulfide) groups is 1. The largest absolute Gasteiger partial charge is 0.326 e. The number of aromatic nitrogens is 4. The number of carbonyl (C=O) groups is 2. The lowest BCUT2D eigenvalue weighted by molar-refractivity contribution is -0.115. The number of carbonyl (C=O) groups excluding carboxylic acids is 2. The molecule has 5 rings (SSSR count). The Balaban J connectivity index is 1.20. The Labute approximate surface area is 203 Å². The first-order chi connectivity index (χ1) is 16.6. The van der Waals surface area contributed by atoms with Gasteiger partial charge >= 0.3 is 0 Å². The molecule has 0 saturated carbocycles. The van der Waals surface area contributed by atoms with Crippen molar-refractivity contribution in [2.45, 2.75) is 18.5 Å². The Hall–Kier alpha value is -3.76. The van der Waals surface area contributed by atoms with Crippen molar-refractivity contribution >= 4 is 62.3 Å². The van der Waals surface area contributed by atoms with Crippen molar-refractivity contribution in [1.29, 1.82) is 0 Å². The Bertz CT molecular complexity index is 1500. The van der Waals surface area contributed by atoms with Gasteiger partial charge in [0.2, 0.25) is 11.8 Å². The Morgan fingerprint density at radius 2 is 1.79 bits per heavy atom. The third-order valence-corrected chi connectivity index (χ3v) is 6.84. The topological polar surface area (TPSA) is 101 Å². The van der Waals surface area contributed by atoms with E-state index < -0.39 is 0 Å². The number of rotatable bonds is 7. The first kappa shape index (κ1) is 22.1. The zero-order valence-electron chi connectivity index (χ0n) is 18.2. The molecular weight excluding hydrogens is 468 g/mol. The summed E-state index contributed by atoms with van der Waals surface area (Å²) in [4.78, 5) is 29.1. The van der Waals surface area contributed by atoms with Crippen LogP contribution in [0.5, 0.6) is 0 Å². The quantitative estimate of drug-likeness (QED) is 0.326. The van der Waals surface area contributed by atoms with Crippen LogP contribution >= 0.6 is 23.1 Å². The molecule has 8 nitrogen and oxygen atoms in total. The van der Waals surface area contributed by atoms with Crippen LogP contribution in [0.2, 0.25) is 0 Å². The van der Waals surface area contributed by atoms with Crippen LogP contribution in [0.15, 0.2) is 71.2 Å². The second-order valence-electron chi connectivity index (χ2n) is 7.59. The zero-order valence-corrected chi connectivity index (χ0v) is 19.8. The first-order valence-corrected chi connectivity index (χ1v) is 12.4. The molecule has 170 valence electrons. The van der Waals surface area contributed by atoms with Crippen molar-refractivity contribution < 1.29 is 9.59 Å². The van der Waals surface area contributed by atoms with E-state index in [-0.39, 0.29) is 24.0 Å². The van der Waals surface area contributed by atoms with Crippen molar-refractivity contribution in [3.05, 3.63) is 77.3 Å². The van der Waals surface area contributed by atoms with Crippen molar-refractivity contribution in [2.75, 3.05) is 16.4 Å². The van der Waals surface area contributed by atoms with Gasteiger partial charge in [0.25, 0.3) is 0 Å². The molecule has 0 atom stereocenters. The van der Waals surface area contributed by atoms with Gasteiger partial charge in [0.05, 0.1) is 23.4 Å². The number of pyridine rings is 1. The fourth-order valence-corrected chi connectivity index (χ4v) is 5.07. The van der Waals surface area contributed by atoms with E-state index in [1.54, 1.807) is 5.38 Å². The number of hydrogen-bond acceptors (Lipinski definition) is 7. The number of amides is 2. The van der Waals surface area contributed by atoms with Crippen LogP contribution in [0.1, 0.15) is 11.3 Å². The highest BCUT2D eigenvalue weighted by molar-refractivity contribution is 7.99. The number of thiazole rings is 1. The fourth-order valence-electron chi connectivity index (χ4n) is 3.59. The smallest absolute Gasteiger partial charge is 0.236 e. The number of para-hydroxylation sites is 2. The molecule has 3 heterocycles. The maximum Gasteiger partial charge on any atom is 0.236 e. The third kappa shape index (κ3) is 4.78. The van der Waals surface area contributed by atoms with E-state index in [1.807, 2.05) is 65.9 Å². The predicted octanol–water partition coefficient (Wildman–Crippen LogP) is 4.56. The molecule has 10 heteroatoms. The number of benzene rings is 2. The molecule has 0 radical (unpaired) electrons. The molecule has 5 aromatic rings. The minimum atomic E-state index is -0.201. The van der Waals surface area contributed by atoms with Crippen LogP contribution in [0.4, 0.5) is 10.8 Å². The zero-order chi connectivity index (χ0) is 23.5. The van der Waals surface area contributed by atoms with Gasteiger partial charge in [-0.25, -0.2) is 4.98 Å². The molecule has 0 unspecified atom stereocenters. The van der Waals surface area contributed by atoms with Crippen LogP contribution in [0.3, 0.4) is 0 Å². The van der Waals surface area contributed by atoms with Gasteiger partial charge in [0, 0.05) is 16.5 Å². The molecule has 0 bridgehead atoms. The Kier molecular flexibility index (Phi) is 6.24. The summed E-state index contributed by atoms with van der Waals surface area (Å²) in [6.45, 7) is 2.05. The fraction of sp³-hybridized carbons (Fsp3) is 0.125. The predicted molar refractivity (Wildman–Crippen MR) is 135 cm³/mol. The maximum atomic E-state index is 12.5. The van der Waals surface area contributed by atoms with Gasteiger partial charge in [-0.05, 0) is 36.8 Å². The highest BCUT2D eigenvalue weighted by Gasteiger charge is 2.14. The second-order valence-corrected chi connectivity index (χ2v) is 9.39. The van der Waals surface area contributed by atoms with Gasteiger partial charge in [-0.3, -0.25) is 14.0 Å². The summed E-state index contributed by atoms with van der Waals surface area (Å²) >= 11 is 2.60. The number of hydrogen-bond donors (Lipinski definition) is 2. The molecule has 0 saturated heterocycles. The van der Waals surface area contributed by atoms with E-state index in [0.717, 1.165) is 27.8 Å². The number of nitrogens with one attached hydrogen (secondary N) is 2. The summed E-state index contributed by atoms with van der Waals surface area (Å²) in [5.41, 5.74) is 4.21. The summed E-state index contributed by atoms with van der Waals surface area (Å²) in [5, 5.41) is 18.2. The molecule has 0 aliphatic carbocycles. The molecule has 3 aromatic heterocycles. The summed E-state index contributed by atoms with van der Waals surface area (Å²) in [7, 11) is 0. The van der Waals surface area contributed by atoms with Gasteiger partial charge in [-0.2, -0.15) is 0 Å². The van der Waals surface area contributed by atoms with Crippen LogP contribution in [-0.4, -0.2) is 37.1 Å². The third-order valence-electron chi connectivity index (χ3n) is 5.10. The number of fused-ring (bicyclic) bond motifs is 3. The van der Waals surface area contributed by atoms with E-state index >= 15 is 0 Å². The molecule has 2 N–H and O–H groups in total. The van der Waals surface area contributed by atoms with Gasteiger partial charge in [0.1, 0.15) is 0 Å². The molecule has 34 heavy (non-hydrogen) atoms. The summed E-state index contributed by atoms with van der Waals surface area (Å²) in [5.74, 6) is -0.203. The van der Waals surface area contributed by atoms with Gasteiger partial charge in [-0.15, -0.1) is 21.5 Å². The van der Waals surface area contributed by atoms with Gasteiger partial charge < -0.3 is 10.6 Å². The van der Waals surface area contributed by atoms with Crippen LogP contribution in [0, 0.1) is 6.92 Å². The first-order valence-electron chi connectivity index (χ1n) is 10.5. The second kappa shape index (κ2) is 9.62. The van der Waals surface area contributed by atoms with Gasteiger partial charge in [-0.1, -0.05) is 48.2 Å². The molecular formula is C24H20N6O2S2. The lowest BCUT2D eigenvalue weighted by Gasteiger charge is -2.07. The van der Waals surface area contributed by atoms with E-state index in [2.05, 4.69) is 31.9 Å². The van der Waals surface area contributed by atoms with Gasteiger partial charge in [0.15, 0.2) is 15.9 Å². The number of anilines is 2. The average molecular weight is 489 g/mol. The van der Waals surface area contributed by atoms with Crippen molar-refractivity contribution in [2.24, 2.45) is 0 Å². The standard InChI is InChI=1S/C24H20N6O2S2/c1-15-11-20-28-29-24(30(20)19-10-6-5-9-18(15)19)34-14-22(32)27-23-26-17(13-33-23)12-21(31)25-16-7-3-2-4-8-16/h2-11,13H,12,14H2,1H3,(H,25,31)(H,26,27,32). The lowest BCUT2D eigenvalue weighted by Crippen LogP contribution is -2.16. The molecule has 2 amide bonds. The van der Waals surface area contributed by atoms with Crippen LogP contribution < -0.4 is 10.6 Å². The normalized spacial score (nSPS) is 11.1. The Morgan fingerprint density at radius 1 is 1.00 bits per heavy atom. The van der Waals surface area contributed by atoms with Crippen LogP contribution in [0.25, 0.3) is 16.6 Å². The highest BCUT2D eigenvalue weighted by atomic mass is 32.2. The average Bonchev–Trinajstić information content (AvgIpc) is 3.45. The van der Waals surface area contributed by atoms with Crippen molar-refractivity contribution in [3.63, 3.8) is 0 Å². The molecule has 0 aliphatic heterocycles. The SMILES string of the molecule is Cc1cc2nnc(SCC(=O)Nc3nc(CC(=O)Nc4ccccc4)cs3)n2c2ccccc12. The van der Waals surface area contributed by atoms with Crippen LogP contribution in [-0.2, 0) is 16.0 Å². The molecule has 0 spiro atoms. The van der Waals surface area contributed by atoms with E-state index in [1.165, 1.54) is 23.1 Å². The van der Waals surface area contributed by atoms with E-state index in [0.29, 0.717) is 16.0 Å². The molecule has 0 fully saturated rings. The number of aryl methyl sites for hydroxylation is 1. The minimum Gasteiger partial charge on any atom is -0.326 e. The minimum absolute atomic E-state index is 0.133. The molecule has 2 aromatic carbocycles. The summed E-state index contributed by atoms with van der Waals surface area (Å²) < 4.78 is 1.97. The van der Waals surface area contributed by atoms with E-state index in [9.17, 15) is 9.59 Å². The monoisotopic (exact) mass is 488 g/mol. The van der Waals surface area contributed by atoms with E-state index in [4.69, 9.17) is 0 Å².